The van der Waals surface area contributed by atoms with E-state index < -0.39 is 0 Å². The highest BCUT2D eigenvalue weighted by atomic mass is 127. The van der Waals surface area contributed by atoms with Gasteiger partial charge in [-0.2, -0.15) is 0 Å². The zero-order valence-corrected chi connectivity index (χ0v) is 18.9. The molecule has 2 heterocycles. The molecule has 0 bridgehead atoms. The van der Waals surface area contributed by atoms with Gasteiger partial charge in [0.2, 0.25) is 5.95 Å². The van der Waals surface area contributed by atoms with E-state index in [0.717, 1.165) is 63.3 Å². The molecule has 1 fully saturated rings. The van der Waals surface area contributed by atoms with Crippen LogP contribution in [0.5, 0.6) is 5.75 Å². The minimum atomic E-state index is 0. The Kier molecular flexibility index (Phi) is 9.26. The lowest BCUT2D eigenvalue weighted by Crippen LogP contribution is -2.53. The summed E-state index contributed by atoms with van der Waals surface area (Å²) in [5, 5.41) is 3.42. The van der Waals surface area contributed by atoms with E-state index in [1.165, 1.54) is 5.56 Å². The largest absolute Gasteiger partial charge is 0.497 e. The molecule has 0 aliphatic carbocycles. The SMILES string of the molecule is CCNC(=NCCc1cccc(OC)c1)N1CCN(c2ncccn2)CC1.I. The van der Waals surface area contributed by atoms with E-state index >= 15 is 0 Å². The Hall–Kier alpha value is -2.10. The highest BCUT2D eigenvalue weighted by molar-refractivity contribution is 14.0. The van der Waals surface area contributed by atoms with Gasteiger partial charge in [0.1, 0.15) is 5.75 Å². The number of aromatic nitrogens is 2. The Morgan fingerprint density at radius 1 is 1.14 bits per heavy atom. The van der Waals surface area contributed by atoms with E-state index in [-0.39, 0.29) is 24.0 Å². The number of methoxy groups -OCH3 is 1. The number of hydrogen-bond donors (Lipinski definition) is 1. The molecule has 1 aromatic carbocycles. The van der Waals surface area contributed by atoms with Crippen LogP contribution in [0, 0.1) is 0 Å². The quantitative estimate of drug-likeness (QED) is 0.377. The van der Waals surface area contributed by atoms with Crippen LogP contribution >= 0.6 is 24.0 Å². The van der Waals surface area contributed by atoms with Crippen molar-refractivity contribution in [1.29, 1.82) is 0 Å². The van der Waals surface area contributed by atoms with Gasteiger partial charge in [-0.1, -0.05) is 12.1 Å². The average Bonchev–Trinajstić information content (AvgIpc) is 2.74. The molecule has 28 heavy (non-hydrogen) atoms. The highest BCUT2D eigenvalue weighted by Gasteiger charge is 2.20. The number of hydrogen-bond acceptors (Lipinski definition) is 5. The van der Waals surface area contributed by atoms with Gasteiger partial charge in [0.15, 0.2) is 5.96 Å². The number of guanidine groups is 1. The van der Waals surface area contributed by atoms with Crippen LogP contribution in [-0.4, -0.2) is 67.2 Å². The number of piperazine rings is 1. The predicted octanol–water partition coefficient (Wildman–Crippen LogP) is 2.43. The molecule has 0 radical (unpaired) electrons. The van der Waals surface area contributed by atoms with Crippen molar-refractivity contribution in [3.05, 3.63) is 48.3 Å². The van der Waals surface area contributed by atoms with Crippen molar-refractivity contribution in [2.75, 3.05) is 51.3 Å². The van der Waals surface area contributed by atoms with Crippen molar-refractivity contribution in [3.63, 3.8) is 0 Å². The highest BCUT2D eigenvalue weighted by Crippen LogP contribution is 2.13. The van der Waals surface area contributed by atoms with Crippen LogP contribution in [0.4, 0.5) is 5.95 Å². The monoisotopic (exact) mass is 496 g/mol. The van der Waals surface area contributed by atoms with Gasteiger partial charge in [-0.15, -0.1) is 24.0 Å². The number of nitrogens with zero attached hydrogens (tertiary/aromatic N) is 5. The summed E-state index contributed by atoms with van der Waals surface area (Å²) in [5.74, 6) is 2.67. The number of anilines is 1. The third-order valence-electron chi connectivity index (χ3n) is 4.55. The number of rotatable bonds is 6. The van der Waals surface area contributed by atoms with E-state index in [2.05, 4.69) is 44.1 Å². The first kappa shape index (κ1) is 22.2. The molecule has 0 atom stereocenters. The van der Waals surface area contributed by atoms with Crippen molar-refractivity contribution in [3.8, 4) is 5.75 Å². The second kappa shape index (κ2) is 11.7. The van der Waals surface area contributed by atoms with Crippen LogP contribution in [0.25, 0.3) is 0 Å². The summed E-state index contributed by atoms with van der Waals surface area (Å²) in [6.07, 6.45) is 4.47. The summed E-state index contributed by atoms with van der Waals surface area (Å²) in [7, 11) is 1.70. The molecule has 0 amide bonds. The van der Waals surface area contributed by atoms with Gasteiger partial charge in [-0.05, 0) is 37.1 Å². The Labute approximate surface area is 184 Å². The van der Waals surface area contributed by atoms with Gasteiger partial charge < -0.3 is 19.9 Å². The second-order valence-corrected chi connectivity index (χ2v) is 6.36. The Morgan fingerprint density at radius 2 is 1.89 bits per heavy atom. The van der Waals surface area contributed by atoms with Crippen molar-refractivity contribution in [2.45, 2.75) is 13.3 Å². The number of benzene rings is 1. The molecule has 1 saturated heterocycles. The molecule has 0 unspecified atom stereocenters. The first-order valence-electron chi connectivity index (χ1n) is 9.48. The normalized spacial score (nSPS) is 14.4. The maximum Gasteiger partial charge on any atom is 0.225 e. The zero-order valence-electron chi connectivity index (χ0n) is 16.5. The fraction of sp³-hybridized carbons (Fsp3) is 0.450. The van der Waals surface area contributed by atoms with Gasteiger partial charge in [0.25, 0.3) is 0 Å². The lowest BCUT2D eigenvalue weighted by molar-refractivity contribution is 0.370. The Bertz CT molecular complexity index is 734. The topological polar surface area (TPSA) is 65.9 Å². The number of ether oxygens (including phenoxy) is 1. The summed E-state index contributed by atoms with van der Waals surface area (Å²) in [5.41, 5.74) is 1.24. The van der Waals surface area contributed by atoms with Gasteiger partial charge in [-0.25, -0.2) is 9.97 Å². The molecular formula is C20H29IN6O. The van der Waals surface area contributed by atoms with Crippen molar-refractivity contribution >= 4 is 35.9 Å². The maximum absolute atomic E-state index is 5.29. The van der Waals surface area contributed by atoms with Crippen LogP contribution in [0.15, 0.2) is 47.7 Å². The van der Waals surface area contributed by atoms with E-state index in [9.17, 15) is 0 Å². The molecule has 152 valence electrons. The van der Waals surface area contributed by atoms with Crippen LogP contribution < -0.4 is 15.0 Å². The molecule has 1 aliphatic rings. The standard InChI is InChI=1S/C20H28N6O.HI/c1-3-21-19(24-11-8-17-6-4-7-18(16-17)27-2)25-12-14-26(15-13-25)20-22-9-5-10-23-20;/h4-7,9-10,16H,3,8,11-15H2,1-2H3,(H,21,24);1H. The van der Waals surface area contributed by atoms with E-state index in [1.807, 2.05) is 18.2 Å². The van der Waals surface area contributed by atoms with Crippen molar-refractivity contribution in [1.82, 2.24) is 20.2 Å². The van der Waals surface area contributed by atoms with Gasteiger partial charge >= 0.3 is 0 Å². The fourth-order valence-corrected chi connectivity index (χ4v) is 3.12. The number of nitrogens with one attached hydrogen (secondary N) is 1. The number of halogens is 1. The molecule has 8 heteroatoms. The van der Waals surface area contributed by atoms with E-state index in [4.69, 9.17) is 9.73 Å². The Morgan fingerprint density at radius 3 is 2.57 bits per heavy atom. The molecule has 2 aromatic rings. The molecule has 7 nitrogen and oxygen atoms in total. The third-order valence-corrected chi connectivity index (χ3v) is 4.55. The second-order valence-electron chi connectivity index (χ2n) is 6.36. The third kappa shape index (κ3) is 6.22. The molecule has 3 rings (SSSR count). The smallest absolute Gasteiger partial charge is 0.225 e. The van der Waals surface area contributed by atoms with Crippen molar-refractivity contribution in [2.24, 2.45) is 4.99 Å². The summed E-state index contributed by atoms with van der Waals surface area (Å²) in [6.45, 7) is 7.31. The van der Waals surface area contributed by atoms with Crippen LogP contribution in [-0.2, 0) is 6.42 Å². The van der Waals surface area contributed by atoms with E-state index in [0.29, 0.717) is 0 Å². The summed E-state index contributed by atoms with van der Waals surface area (Å²) >= 11 is 0. The maximum atomic E-state index is 5.29. The molecule has 0 saturated carbocycles. The van der Waals surface area contributed by atoms with Gasteiger partial charge in [-0.3, -0.25) is 4.99 Å². The molecule has 1 N–H and O–H groups in total. The first-order chi connectivity index (χ1) is 13.3. The minimum Gasteiger partial charge on any atom is -0.497 e. The summed E-state index contributed by atoms with van der Waals surface area (Å²) in [4.78, 5) is 18.1. The summed E-state index contributed by atoms with van der Waals surface area (Å²) < 4.78 is 5.29. The molecule has 1 aliphatic heterocycles. The predicted molar refractivity (Wildman–Crippen MR) is 124 cm³/mol. The first-order valence-corrected chi connectivity index (χ1v) is 9.48. The van der Waals surface area contributed by atoms with Crippen LogP contribution in [0.3, 0.4) is 0 Å². The van der Waals surface area contributed by atoms with Crippen LogP contribution in [0.1, 0.15) is 12.5 Å². The molecule has 1 aromatic heterocycles. The fourth-order valence-electron chi connectivity index (χ4n) is 3.12. The van der Waals surface area contributed by atoms with Crippen molar-refractivity contribution < 1.29 is 4.74 Å². The average molecular weight is 496 g/mol. The van der Waals surface area contributed by atoms with E-state index in [1.54, 1.807) is 19.5 Å². The van der Waals surface area contributed by atoms with Gasteiger partial charge in [0, 0.05) is 51.7 Å². The zero-order chi connectivity index (χ0) is 18.9. The molecular weight excluding hydrogens is 467 g/mol. The van der Waals surface area contributed by atoms with Gasteiger partial charge in [0.05, 0.1) is 7.11 Å². The minimum absolute atomic E-state index is 0. The lowest BCUT2D eigenvalue weighted by Gasteiger charge is -2.36. The lowest BCUT2D eigenvalue weighted by atomic mass is 10.1. The molecule has 0 spiro atoms. The summed E-state index contributed by atoms with van der Waals surface area (Å²) in [6, 6.07) is 10.0. The van der Waals surface area contributed by atoms with Crippen LogP contribution in [0.2, 0.25) is 0 Å². The number of aliphatic imine (C=N–C) groups is 1. The Balaban J connectivity index is 0.00000280.